The Morgan fingerprint density at radius 2 is 0.941 bits per heavy atom. The van der Waals surface area contributed by atoms with Crippen molar-refractivity contribution in [2.24, 2.45) is 0 Å². The molecule has 0 aromatic carbocycles. The molecular formula is C9H28O4Si4. The Labute approximate surface area is 111 Å². The molecule has 1 rings (SSSR count). The lowest BCUT2D eigenvalue weighted by Crippen LogP contribution is -2.60. The van der Waals surface area contributed by atoms with Gasteiger partial charge >= 0.3 is 35.0 Å². The van der Waals surface area contributed by atoms with Crippen LogP contribution in [0.4, 0.5) is 0 Å². The summed E-state index contributed by atoms with van der Waals surface area (Å²) in [6.07, 6.45) is 0. The van der Waals surface area contributed by atoms with Gasteiger partial charge in [-0.2, -0.15) is 0 Å². The zero-order valence-electron chi connectivity index (χ0n) is 12.7. The molecule has 0 amide bonds. The predicted molar refractivity (Wildman–Crippen MR) is 81.1 cm³/mol. The van der Waals surface area contributed by atoms with Crippen LogP contribution in [0.1, 0.15) is 13.8 Å². The number of hydrogen-bond acceptors (Lipinski definition) is 4. The van der Waals surface area contributed by atoms with Gasteiger partial charge in [-0.1, -0.05) is 13.8 Å². The van der Waals surface area contributed by atoms with E-state index in [0.717, 1.165) is 0 Å². The molecule has 0 saturated carbocycles. The minimum atomic E-state index is -2.08. The molecule has 0 radical (unpaired) electrons. The SMILES string of the molecule is CC.C[SiH]1O[Si](C)(C)O[Si](C)(C)O[Si](C)(C)O1. The quantitative estimate of drug-likeness (QED) is 0.644. The maximum absolute atomic E-state index is 6.09. The highest BCUT2D eigenvalue weighted by Crippen LogP contribution is 2.26. The van der Waals surface area contributed by atoms with Crippen molar-refractivity contribution in [1.82, 2.24) is 0 Å². The van der Waals surface area contributed by atoms with Crippen LogP contribution in [0.3, 0.4) is 0 Å². The second kappa shape index (κ2) is 6.24. The van der Waals surface area contributed by atoms with Crippen molar-refractivity contribution in [3.8, 4) is 0 Å². The Hall–Kier alpha value is 0.708. The summed E-state index contributed by atoms with van der Waals surface area (Å²) in [5, 5.41) is 0. The van der Waals surface area contributed by atoms with Crippen molar-refractivity contribution in [1.29, 1.82) is 0 Å². The first-order chi connectivity index (χ1) is 7.52. The molecule has 0 N–H and O–H groups in total. The van der Waals surface area contributed by atoms with Gasteiger partial charge in [0, 0.05) is 0 Å². The van der Waals surface area contributed by atoms with Crippen molar-refractivity contribution in [3.63, 3.8) is 0 Å². The molecule has 104 valence electrons. The van der Waals surface area contributed by atoms with E-state index in [1.54, 1.807) is 0 Å². The van der Waals surface area contributed by atoms with E-state index in [-0.39, 0.29) is 0 Å². The topological polar surface area (TPSA) is 36.9 Å². The van der Waals surface area contributed by atoms with Crippen molar-refractivity contribution >= 4 is 35.0 Å². The average Bonchev–Trinajstić information content (AvgIpc) is 1.97. The summed E-state index contributed by atoms with van der Waals surface area (Å²) in [4.78, 5) is 0. The van der Waals surface area contributed by atoms with Gasteiger partial charge in [-0.3, -0.25) is 0 Å². The van der Waals surface area contributed by atoms with Gasteiger partial charge in [0.25, 0.3) is 0 Å². The molecule has 1 heterocycles. The van der Waals surface area contributed by atoms with Crippen molar-refractivity contribution in [3.05, 3.63) is 0 Å². The fourth-order valence-electron chi connectivity index (χ4n) is 2.08. The van der Waals surface area contributed by atoms with E-state index in [0.29, 0.717) is 0 Å². The molecule has 1 aliphatic rings. The summed E-state index contributed by atoms with van der Waals surface area (Å²) in [5.74, 6) is 0. The Kier molecular flexibility index (Phi) is 6.50. The monoisotopic (exact) mass is 312 g/mol. The van der Waals surface area contributed by atoms with Crippen LogP contribution in [0.2, 0.25) is 45.8 Å². The van der Waals surface area contributed by atoms with E-state index >= 15 is 0 Å². The molecule has 0 unspecified atom stereocenters. The van der Waals surface area contributed by atoms with Crippen molar-refractivity contribution in [2.75, 3.05) is 0 Å². The Bertz CT molecular complexity index is 223. The lowest BCUT2D eigenvalue weighted by molar-refractivity contribution is 0.251. The maximum Gasteiger partial charge on any atom is 0.314 e. The van der Waals surface area contributed by atoms with Gasteiger partial charge in [-0.15, -0.1) is 0 Å². The van der Waals surface area contributed by atoms with Crippen LogP contribution in [-0.2, 0) is 16.5 Å². The minimum absolute atomic E-state index is 1.58. The highest BCUT2D eigenvalue weighted by atomic mass is 28.5. The van der Waals surface area contributed by atoms with Crippen LogP contribution < -0.4 is 0 Å². The van der Waals surface area contributed by atoms with Crippen LogP contribution in [0, 0.1) is 0 Å². The molecule has 0 atom stereocenters. The van der Waals surface area contributed by atoms with E-state index in [2.05, 4.69) is 45.8 Å². The lowest BCUT2D eigenvalue weighted by Gasteiger charge is -2.43. The van der Waals surface area contributed by atoms with Crippen LogP contribution in [0.25, 0.3) is 0 Å². The first kappa shape index (κ1) is 17.7. The molecule has 0 aliphatic carbocycles. The molecule has 1 aliphatic heterocycles. The standard InChI is InChI=1S/C7H22O4Si4.C2H6/c1-12-8-13(2,3)10-15(6,7)11-14(4,5)9-12;1-2/h12H,1-7H3;1-2H3. The van der Waals surface area contributed by atoms with Gasteiger partial charge in [-0.25, -0.2) is 0 Å². The summed E-state index contributed by atoms with van der Waals surface area (Å²) in [7, 11) is -7.74. The molecule has 0 aromatic rings. The van der Waals surface area contributed by atoms with Gasteiger partial charge < -0.3 is 16.5 Å². The average molecular weight is 313 g/mol. The smallest absolute Gasteiger partial charge is 0.314 e. The Morgan fingerprint density at radius 1 is 0.647 bits per heavy atom. The Balaban J connectivity index is 0.00000121. The Morgan fingerprint density at radius 3 is 1.24 bits per heavy atom. The molecule has 0 bridgehead atoms. The van der Waals surface area contributed by atoms with Crippen LogP contribution in [-0.4, -0.2) is 35.0 Å². The first-order valence-electron chi connectivity index (χ1n) is 6.27. The zero-order valence-corrected chi connectivity index (χ0v) is 16.9. The van der Waals surface area contributed by atoms with Crippen LogP contribution in [0.15, 0.2) is 0 Å². The largest absolute Gasteiger partial charge is 0.418 e. The molecule has 8 heteroatoms. The second-order valence-electron chi connectivity index (χ2n) is 5.21. The third-order valence-electron chi connectivity index (χ3n) is 1.88. The lowest BCUT2D eigenvalue weighted by atomic mass is 11.0. The van der Waals surface area contributed by atoms with Gasteiger partial charge in [0.2, 0.25) is 0 Å². The van der Waals surface area contributed by atoms with Crippen LogP contribution in [0.5, 0.6) is 0 Å². The van der Waals surface area contributed by atoms with E-state index in [1.807, 2.05) is 13.8 Å². The highest BCUT2D eigenvalue weighted by molar-refractivity contribution is 6.89. The van der Waals surface area contributed by atoms with Crippen molar-refractivity contribution in [2.45, 2.75) is 59.7 Å². The van der Waals surface area contributed by atoms with E-state index < -0.39 is 35.0 Å². The van der Waals surface area contributed by atoms with E-state index in [1.165, 1.54) is 0 Å². The molecule has 0 aromatic heterocycles. The fraction of sp³-hybridized carbons (Fsp3) is 1.00. The fourth-order valence-corrected chi connectivity index (χ4v) is 20.4. The molecule has 0 spiro atoms. The third kappa shape index (κ3) is 7.01. The van der Waals surface area contributed by atoms with Gasteiger partial charge in [0.05, 0.1) is 0 Å². The number of rotatable bonds is 0. The van der Waals surface area contributed by atoms with E-state index in [9.17, 15) is 0 Å². The normalized spacial score (nSPS) is 27.4. The van der Waals surface area contributed by atoms with Gasteiger partial charge in [0.1, 0.15) is 0 Å². The van der Waals surface area contributed by atoms with Gasteiger partial charge in [0.15, 0.2) is 0 Å². The maximum atomic E-state index is 6.09. The summed E-state index contributed by atoms with van der Waals surface area (Å²) >= 11 is 0. The highest BCUT2D eigenvalue weighted by Gasteiger charge is 2.46. The first-order valence-corrected chi connectivity index (χ1v) is 16.8. The summed E-state index contributed by atoms with van der Waals surface area (Å²) in [5.41, 5.74) is 0. The molecule has 1 saturated heterocycles. The predicted octanol–water partition coefficient (Wildman–Crippen LogP) is 3.05. The second-order valence-corrected chi connectivity index (χ2v) is 18.3. The summed E-state index contributed by atoms with van der Waals surface area (Å²) in [6.45, 7) is 18.5. The van der Waals surface area contributed by atoms with Crippen LogP contribution >= 0.6 is 0 Å². The molecule has 1 fully saturated rings. The summed E-state index contributed by atoms with van der Waals surface area (Å²) < 4.78 is 24.1. The summed E-state index contributed by atoms with van der Waals surface area (Å²) in [6, 6.07) is 0. The zero-order chi connectivity index (χ0) is 13.9. The third-order valence-corrected chi connectivity index (χ3v) is 16.9. The van der Waals surface area contributed by atoms with Crippen molar-refractivity contribution < 1.29 is 16.5 Å². The molecular weight excluding hydrogens is 284 g/mol. The minimum Gasteiger partial charge on any atom is -0.418 e. The molecule has 4 nitrogen and oxygen atoms in total. The molecule has 17 heavy (non-hydrogen) atoms. The van der Waals surface area contributed by atoms with E-state index in [4.69, 9.17) is 16.5 Å². The van der Waals surface area contributed by atoms with Gasteiger partial charge in [-0.05, 0) is 45.8 Å². The number of hydrogen-bond donors (Lipinski definition) is 0.